The molecule has 1 aromatic carbocycles. The van der Waals surface area contributed by atoms with E-state index in [4.69, 9.17) is 14.4 Å². The van der Waals surface area contributed by atoms with Crippen molar-refractivity contribution in [2.24, 2.45) is 10.4 Å². The third kappa shape index (κ3) is 5.75. The highest BCUT2D eigenvalue weighted by molar-refractivity contribution is 5.77. The van der Waals surface area contributed by atoms with Gasteiger partial charge >= 0.3 is 6.09 Å². The first-order chi connectivity index (χ1) is 20.1. The van der Waals surface area contributed by atoms with E-state index in [-0.39, 0.29) is 23.9 Å². The highest BCUT2D eigenvalue weighted by atomic mass is 19.1. The van der Waals surface area contributed by atoms with Gasteiger partial charge in [-0.3, -0.25) is 9.67 Å². The van der Waals surface area contributed by atoms with Crippen LogP contribution in [0.3, 0.4) is 0 Å². The predicted molar refractivity (Wildman–Crippen MR) is 151 cm³/mol. The van der Waals surface area contributed by atoms with E-state index < -0.39 is 17.6 Å². The van der Waals surface area contributed by atoms with Crippen molar-refractivity contribution >= 4 is 12.3 Å². The predicted octanol–water partition coefficient (Wildman–Crippen LogP) is 5.26. The Labute approximate surface area is 243 Å². The number of hydrogen-bond acceptors (Lipinski definition) is 8. The molecule has 1 N–H and O–H groups in total. The number of piperidine rings is 1. The van der Waals surface area contributed by atoms with Crippen molar-refractivity contribution in [2.75, 3.05) is 26.2 Å². The SMILES string of the molecule is CC(C)(C)OC(=O)N1CCC2(CCN(C3=C(F)C=NC(c4cc(-c5ccon5)n(Cc5ccccc5F)n4)N3)CC2)C1. The van der Waals surface area contributed by atoms with Crippen LogP contribution in [0.15, 0.2) is 63.8 Å². The van der Waals surface area contributed by atoms with Gasteiger partial charge in [-0.1, -0.05) is 23.4 Å². The summed E-state index contributed by atoms with van der Waals surface area (Å²) in [5.74, 6) is -0.397. The standard InChI is InChI=1S/C30H35F2N7O3/c1-29(2,3)42-28(40)38-14-11-30(19-38)9-12-37(13-10-30)27-22(32)17-33-26(34-27)24-16-25(23-8-15-41-36-23)39(35-24)18-20-6-4-5-7-21(20)31/h4-8,15-17,26,34H,9-14,18-19H2,1-3H3. The first kappa shape index (κ1) is 27.9. The monoisotopic (exact) mass is 579 g/mol. The molecular formula is C30H35F2N7O3. The van der Waals surface area contributed by atoms with Gasteiger partial charge in [0.2, 0.25) is 0 Å². The van der Waals surface area contributed by atoms with E-state index in [1.54, 1.807) is 33.8 Å². The molecule has 0 aliphatic carbocycles. The van der Waals surface area contributed by atoms with Gasteiger partial charge in [0.05, 0.1) is 18.5 Å². The smallest absolute Gasteiger partial charge is 0.410 e. The van der Waals surface area contributed by atoms with Crippen molar-refractivity contribution in [2.45, 2.75) is 58.3 Å². The van der Waals surface area contributed by atoms with Gasteiger partial charge in [-0.05, 0) is 57.6 Å². The molecule has 3 aliphatic rings. The summed E-state index contributed by atoms with van der Waals surface area (Å²) in [6, 6.07) is 10.0. The zero-order valence-corrected chi connectivity index (χ0v) is 24.0. The lowest BCUT2D eigenvalue weighted by atomic mass is 9.78. The van der Waals surface area contributed by atoms with Gasteiger partial charge in [-0.25, -0.2) is 13.6 Å². The van der Waals surface area contributed by atoms with Crippen LogP contribution in [-0.4, -0.2) is 68.8 Å². The first-order valence-corrected chi connectivity index (χ1v) is 14.2. The number of aromatic nitrogens is 3. The number of likely N-dealkylation sites (tertiary alicyclic amines) is 2. The Hall–Kier alpha value is -4.22. The fraction of sp³-hybridized carbons (Fsp3) is 0.467. The largest absolute Gasteiger partial charge is 0.444 e. The van der Waals surface area contributed by atoms with Crippen LogP contribution in [0.1, 0.15) is 57.5 Å². The molecule has 3 aliphatic heterocycles. The molecule has 2 fully saturated rings. The Bertz CT molecular complexity index is 1500. The number of halogens is 2. The summed E-state index contributed by atoms with van der Waals surface area (Å²) in [5.41, 5.74) is 1.67. The summed E-state index contributed by atoms with van der Waals surface area (Å²) in [7, 11) is 0. The Morgan fingerprint density at radius 3 is 2.62 bits per heavy atom. The van der Waals surface area contributed by atoms with Crippen LogP contribution in [0.5, 0.6) is 0 Å². The summed E-state index contributed by atoms with van der Waals surface area (Å²) in [6.45, 7) is 8.39. The second-order valence-corrected chi connectivity index (χ2v) is 12.2. The molecule has 3 aromatic rings. The van der Waals surface area contributed by atoms with Crippen LogP contribution in [0.4, 0.5) is 13.6 Å². The molecule has 0 saturated carbocycles. The Morgan fingerprint density at radius 2 is 1.90 bits per heavy atom. The van der Waals surface area contributed by atoms with E-state index in [1.165, 1.54) is 18.5 Å². The molecule has 2 aromatic heterocycles. The van der Waals surface area contributed by atoms with Crippen LogP contribution >= 0.6 is 0 Å². The quantitative estimate of drug-likeness (QED) is 0.440. The molecule has 42 heavy (non-hydrogen) atoms. The molecule has 222 valence electrons. The highest BCUT2D eigenvalue weighted by Crippen LogP contribution is 2.42. The zero-order chi connectivity index (χ0) is 29.5. The van der Waals surface area contributed by atoms with Crippen LogP contribution < -0.4 is 5.32 Å². The van der Waals surface area contributed by atoms with Gasteiger partial charge in [-0.2, -0.15) is 5.10 Å². The minimum Gasteiger partial charge on any atom is -0.444 e. The molecule has 1 spiro atoms. The number of carbonyl (C=O) groups is 1. The topological polar surface area (TPSA) is 101 Å². The van der Waals surface area contributed by atoms with Crippen LogP contribution in [0, 0.1) is 11.2 Å². The third-order valence-electron chi connectivity index (χ3n) is 8.12. The molecule has 0 bridgehead atoms. The first-order valence-electron chi connectivity index (χ1n) is 14.2. The summed E-state index contributed by atoms with van der Waals surface area (Å²) in [4.78, 5) is 20.8. The number of rotatable bonds is 5. The average Bonchev–Trinajstić information content (AvgIpc) is 3.71. The van der Waals surface area contributed by atoms with E-state index in [2.05, 4.69) is 15.5 Å². The summed E-state index contributed by atoms with van der Waals surface area (Å²) in [5, 5.41) is 12.0. The highest BCUT2D eigenvalue weighted by Gasteiger charge is 2.44. The lowest BCUT2D eigenvalue weighted by molar-refractivity contribution is 0.0251. The molecule has 2 saturated heterocycles. The van der Waals surface area contributed by atoms with Gasteiger partial charge in [-0.15, -0.1) is 0 Å². The Morgan fingerprint density at radius 1 is 1.14 bits per heavy atom. The van der Waals surface area contributed by atoms with E-state index in [1.807, 2.05) is 31.7 Å². The molecule has 10 nitrogen and oxygen atoms in total. The third-order valence-corrected chi connectivity index (χ3v) is 8.12. The van der Waals surface area contributed by atoms with Crippen molar-refractivity contribution in [1.29, 1.82) is 0 Å². The number of nitrogens with zero attached hydrogens (tertiary/aromatic N) is 6. The molecular weight excluding hydrogens is 544 g/mol. The maximum absolute atomic E-state index is 15.1. The normalized spacial score (nSPS) is 20.4. The molecule has 1 amide bonds. The lowest BCUT2D eigenvalue weighted by Gasteiger charge is -2.42. The van der Waals surface area contributed by atoms with E-state index >= 15 is 4.39 Å². The van der Waals surface area contributed by atoms with Gasteiger partial charge in [0.1, 0.15) is 34.9 Å². The van der Waals surface area contributed by atoms with E-state index in [0.29, 0.717) is 54.6 Å². The van der Waals surface area contributed by atoms with Gasteiger partial charge in [0, 0.05) is 37.8 Å². The van der Waals surface area contributed by atoms with Crippen molar-refractivity contribution in [3.63, 3.8) is 0 Å². The minimum absolute atomic E-state index is 0.00454. The summed E-state index contributed by atoms with van der Waals surface area (Å²) in [6.07, 6.45) is 4.35. The molecule has 1 atom stereocenters. The molecule has 6 rings (SSSR count). The fourth-order valence-electron chi connectivity index (χ4n) is 5.89. The number of hydrogen-bond donors (Lipinski definition) is 1. The van der Waals surface area contributed by atoms with Crippen molar-refractivity contribution in [3.05, 3.63) is 71.4 Å². The number of nitrogens with one attached hydrogen (secondary N) is 1. The number of benzene rings is 1. The maximum Gasteiger partial charge on any atom is 0.410 e. The van der Waals surface area contributed by atoms with Gasteiger partial charge in [0.15, 0.2) is 12.0 Å². The van der Waals surface area contributed by atoms with Gasteiger partial charge < -0.3 is 24.4 Å². The second kappa shape index (κ2) is 10.9. The number of amides is 1. The Kier molecular flexibility index (Phi) is 7.24. The van der Waals surface area contributed by atoms with Crippen molar-refractivity contribution in [3.8, 4) is 11.4 Å². The van der Waals surface area contributed by atoms with Crippen LogP contribution in [0.25, 0.3) is 11.4 Å². The van der Waals surface area contributed by atoms with Gasteiger partial charge in [0.25, 0.3) is 0 Å². The molecule has 12 heteroatoms. The number of ether oxygens (including phenoxy) is 1. The molecule has 5 heterocycles. The van der Waals surface area contributed by atoms with E-state index in [0.717, 1.165) is 19.3 Å². The molecule has 0 radical (unpaired) electrons. The Balaban J connectivity index is 1.15. The van der Waals surface area contributed by atoms with Crippen LogP contribution in [-0.2, 0) is 11.3 Å². The lowest BCUT2D eigenvalue weighted by Crippen LogP contribution is -2.46. The molecule has 1 unspecified atom stereocenters. The average molecular weight is 580 g/mol. The zero-order valence-electron chi connectivity index (χ0n) is 24.0. The van der Waals surface area contributed by atoms with E-state index in [9.17, 15) is 9.18 Å². The van der Waals surface area contributed by atoms with Crippen molar-refractivity contribution in [1.82, 2.24) is 30.1 Å². The summed E-state index contributed by atoms with van der Waals surface area (Å²) >= 11 is 0. The number of allylic oxidation sites excluding steroid dienone is 1. The number of carbonyl (C=O) groups excluding carboxylic acids is 1. The number of aliphatic imine (C=N–C) groups is 1. The second-order valence-electron chi connectivity index (χ2n) is 12.2. The van der Waals surface area contributed by atoms with Crippen molar-refractivity contribution < 1.29 is 22.8 Å². The fourth-order valence-corrected chi connectivity index (χ4v) is 5.89. The summed E-state index contributed by atoms with van der Waals surface area (Å²) < 4.78 is 41.8. The minimum atomic E-state index is -0.642. The van der Waals surface area contributed by atoms with Crippen LogP contribution in [0.2, 0.25) is 0 Å². The maximum atomic E-state index is 15.1.